The van der Waals surface area contributed by atoms with Crippen LogP contribution in [0.15, 0.2) is 60.1 Å². The molecule has 1 spiro atoms. The molecule has 5 heterocycles. The fraction of sp³-hybridized carbons (Fsp3) is 0.458. The van der Waals surface area contributed by atoms with Gasteiger partial charge in [-0.15, -0.1) is 0 Å². The highest BCUT2D eigenvalue weighted by atomic mass is 16.3. The molecule has 0 bridgehead atoms. The summed E-state index contributed by atoms with van der Waals surface area (Å²) in [7, 11) is 0. The van der Waals surface area contributed by atoms with Crippen LogP contribution >= 0.6 is 0 Å². The molecule has 3 aromatic heterocycles. The first-order chi connectivity index (χ1) is 15.0. The number of nitrogens with zero attached hydrogens (tertiary/aromatic N) is 5. The van der Waals surface area contributed by atoms with Crippen molar-refractivity contribution < 1.29 is 9.21 Å². The van der Waals surface area contributed by atoms with Crippen molar-refractivity contribution in [2.45, 2.75) is 45.3 Å². The molecule has 0 radical (unpaired) electrons. The van der Waals surface area contributed by atoms with Gasteiger partial charge in [-0.2, -0.15) is 0 Å². The molecule has 2 fully saturated rings. The lowest BCUT2D eigenvalue weighted by Gasteiger charge is -2.28. The number of rotatable bonds is 6. The number of likely N-dealkylation sites (tertiary alicyclic amines) is 2. The van der Waals surface area contributed by atoms with Crippen molar-refractivity contribution in [2.75, 3.05) is 19.6 Å². The molecule has 31 heavy (non-hydrogen) atoms. The third-order valence-corrected chi connectivity index (χ3v) is 6.84. The molecule has 0 unspecified atom stereocenters. The Morgan fingerprint density at radius 3 is 2.74 bits per heavy atom. The van der Waals surface area contributed by atoms with Gasteiger partial charge in [-0.3, -0.25) is 14.7 Å². The minimum absolute atomic E-state index is 0.0920. The van der Waals surface area contributed by atoms with E-state index in [1.165, 1.54) is 0 Å². The van der Waals surface area contributed by atoms with E-state index in [1.54, 1.807) is 24.9 Å². The molecule has 162 valence electrons. The van der Waals surface area contributed by atoms with E-state index in [0.29, 0.717) is 12.6 Å². The van der Waals surface area contributed by atoms with Gasteiger partial charge in [0, 0.05) is 68.8 Å². The second kappa shape index (κ2) is 7.96. The second-order valence-electron chi connectivity index (χ2n) is 9.18. The lowest BCUT2D eigenvalue weighted by atomic mass is 9.75. The standard InChI is InChI=1S/C24H29N5O2/c1-18(2)29-14-22(26-17-29)21-13-27(11-20-5-10-31-15-20)16-24(21)6-9-28(23(24)30)12-19-3-7-25-8-4-19/h3-5,7-8,10,14-15,17-18,21H,6,9,11-13,16H2,1-2H3/t21-,24-/m0/s1. The fourth-order valence-electron chi connectivity index (χ4n) is 5.15. The molecular formula is C24H29N5O2. The maximum absolute atomic E-state index is 13.8. The van der Waals surface area contributed by atoms with Gasteiger partial charge in [-0.1, -0.05) is 0 Å². The van der Waals surface area contributed by atoms with Crippen molar-refractivity contribution in [1.29, 1.82) is 0 Å². The molecule has 7 heteroatoms. The molecule has 1 amide bonds. The lowest BCUT2D eigenvalue weighted by Crippen LogP contribution is -2.39. The SMILES string of the molecule is CC(C)n1cnc([C@@H]2CN(Cc3ccoc3)C[C@@]23CCN(Cc2ccncc2)C3=O)c1. The number of hydrogen-bond donors (Lipinski definition) is 0. The Kier molecular flexibility index (Phi) is 5.14. The van der Waals surface area contributed by atoms with Gasteiger partial charge >= 0.3 is 0 Å². The van der Waals surface area contributed by atoms with E-state index in [9.17, 15) is 4.79 Å². The van der Waals surface area contributed by atoms with Crippen molar-refractivity contribution >= 4 is 5.91 Å². The number of pyridine rings is 1. The average molecular weight is 420 g/mol. The largest absolute Gasteiger partial charge is 0.472 e. The fourth-order valence-corrected chi connectivity index (χ4v) is 5.15. The van der Waals surface area contributed by atoms with E-state index in [0.717, 1.165) is 49.4 Å². The monoisotopic (exact) mass is 419 g/mol. The summed E-state index contributed by atoms with van der Waals surface area (Å²) in [5, 5.41) is 0. The van der Waals surface area contributed by atoms with Gasteiger partial charge in [-0.25, -0.2) is 4.98 Å². The summed E-state index contributed by atoms with van der Waals surface area (Å²) in [6.45, 7) is 8.09. The Morgan fingerprint density at radius 1 is 1.19 bits per heavy atom. The van der Waals surface area contributed by atoms with Gasteiger partial charge < -0.3 is 13.9 Å². The van der Waals surface area contributed by atoms with Gasteiger partial charge in [0.25, 0.3) is 0 Å². The smallest absolute Gasteiger partial charge is 0.231 e. The topological polar surface area (TPSA) is 67.4 Å². The first kappa shape index (κ1) is 20.0. The quantitative estimate of drug-likeness (QED) is 0.612. The summed E-state index contributed by atoms with van der Waals surface area (Å²) < 4.78 is 7.40. The predicted molar refractivity (Wildman–Crippen MR) is 116 cm³/mol. The summed E-state index contributed by atoms with van der Waals surface area (Å²) >= 11 is 0. The third kappa shape index (κ3) is 3.67. The van der Waals surface area contributed by atoms with Crippen molar-refractivity contribution in [3.8, 4) is 0 Å². The zero-order valence-electron chi connectivity index (χ0n) is 18.1. The van der Waals surface area contributed by atoms with Crippen LogP contribution in [0.2, 0.25) is 0 Å². The number of imidazole rings is 1. The predicted octanol–water partition coefficient (Wildman–Crippen LogP) is 3.47. The lowest BCUT2D eigenvalue weighted by molar-refractivity contribution is -0.136. The first-order valence-corrected chi connectivity index (χ1v) is 11.0. The number of carbonyl (C=O) groups excluding carboxylic acids is 1. The van der Waals surface area contributed by atoms with E-state index in [1.807, 2.05) is 29.4 Å². The number of carbonyl (C=O) groups is 1. The van der Waals surface area contributed by atoms with E-state index in [2.05, 4.69) is 34.5 Å². The molecular weight excluding hydrogens is 390 g/mol. The van der Waals surface area contributed by atoms with E-state index in [-0.39, 0.29) is 11.8 Å². The molecule has 2 aliphatic rings. The zero-order valence-corrected chi connectivity index (χ0v) is 18.1. The van der Waals surface area contributed by atoms with Crippen LogP contribution in [0.5, 0.6) is 0 Å². The number of hydrogen-bond acceptors (Lipinski definition) is 5. The summed E-state index contributed by atoms with van der Waals surface area (Å²) in [5.41, 5.74) is 2.87. The molecule has 7 nitrogen and oxygen atoms in total. The molecule has 5 rings (SSSR count). The van der Waals surface area contributed by atoms with Crippen LogP contribution in [-0.4, -0.2) is 49.9 Å². The van der Waals surface area contributed by atoms with E-state index in [4.69, 9.17) is 9.40 Å². The second-order valence-corrected chi connectivity index (χ2v) is 9.18. The van der Waals surface area contributed by atoms with Crippen LogP contribution < -0.4 is 0 Å². The number of amides is 1. The summed E-state index contributed by atoms with van der Waals surface area (Å²) in [5.74, 6) is 0.345. The third-order valence-electron chi connectivity index (χ3n) is 6.84. The molecule has 2 atom stereocenters. The highest BCUT2D eigenvalue weighted by molar-refractivity contribution is 5.86. The summed E-state index contributed by atoms with van der Waals surface area (Å²) in [4.78, 5) is 27.1. The van der Waals surface area contributed by atoms with Crippen LogP contribution in [0.4, 0.5) is 0 Å². The normalized spacial score (nSPS) is 24.2. The Morgan fingerprint density at radius 2 is 2.03 bits per heavy atom. The number of aromatic nitrogens is 3. The Labute approximate surface area is 182 Å². The van der Waals surface area contributed by atoms with Crippen LogP contribution in [-0.2, 0) is 17.9 Å². The van der Waals surface area contributed by atoms with Crippen molar-refractivity contribution in [3.05, 3.63) is 72.5 Å². The van der Waals surface area contributed by atoms with Crippen LogP contribution in [0.3, 0.4) is 0 Å². The molecule has 0 N–H and O–H groups in total. The first-order valence-electron chi connectivity index (χ1n) is 11.0. The maximum atomic E-state index is 13.8. The Hall–Kier alpha value is -2.93. The Balaban J connectivity index is 1.43. The molecule has 2 aliphatic heterocycles. The molecule has 2 saturated heterocycles. The van der Waals surface area contributed by atoms with Crippen LogP contribution in [0.1, 0.15) is 49.0 Å². The maximum Gasteiger partial charge on any atom is 0.231 e. The molecule has 3 aromatic rings. The van der Waals surface area contributed by atoms with Gasteiger partial charge in [0.1, 0.15) is 0 Å². The Bertz CT molecular complexity index is 1030. The van der Waals surface area contributed by atoms with E-state index < -0.39 is 5.41 Å². The minimum atomic E-state index is -0.424. The van der Waals surface area contributed by atoms with Gasteiger partial charge in [0.2, 0.25) is 5.91 Å². The highest BCUT2D eigenvalue weighted by Gasteiger charge is 2.57. The molecule has 0 aliphatic carbocycles. The van der Waals surface area contributed by atoms with Crippen molar-refractivity contribution in [1.82, 2.24) is 24.3 Å². The van der Waals surface area contributed by atoms with Crippen LogP contribution in [0, 0.1) is 5.41 Å². The van der Waals surface area contributed by atoms with Crippen LogP contribution in [0.25, 0.3) is 0 Å². The summed E-state index contributed by atoms with van der Waals surface area (Å²) in [6.07, 6.45) is 12.0. The molecule has 0 saturated carbocycles. The zero-order chi connectivity index (χ0) is 21.4. The van der Waals surface area contributed by atoms with Gasteiger partial charge in [-0.05, 0) is 44.0 Å². The van der Waals surface area contributed by atoms with Crippen molar-refractivity contribution in [2.24, 2.45) is 5.41 Å². The highest BCUT2D eigenvalue weighted by Crippen LogP contribution is 2.50. The summed E-state index contributed by atoms with van der Waals surface area (Å²) in [6, 6.07) is 6.32. The van der Waals surface area contributed by atoms with Gasteiger partial charge in [0.15, 0.2) is 0 Å². The molecule has 0 aromatic carbocycles. The van der Waals surface area contributed by atoms with Gasteiger partial charge in [0.05, 0.1) is 30.0 Å². The number of furan rings is 1. The van der Waals surface area contributed by atoms with E-state index >= 15 is 0 Å². The van der Waals surface area contributed by atoms with Crippen molar-refractivity contribution in [3.63, 3.8) is 0 Å². The minimum Gasteiger partial charge on any atom is -0.472 e. The average Bonchev–Trinajstić information content (AvgIpc) is 3.55.